The Labute approximate surface area is 76.2 Å². The van der Waals surface area contributed by atoms with Gasteiger partial charge in [0.05, 0.1) is 11.6 Å². The molecule has 0 saturated carbocycles. The largest absolute Gasteiger partial charge is 0.479 e. The summed E-state index contributed by atoms with van der Waals surface area (Å²) in [4.78, 5) is 11.0. The summed E-state index contributed by atoms with van der Waals surface area (Å²) in [7, 11) is 0. The molecule has 0 spiro atoms. The van der Waals surface area contributed by atoms with Gasteiger partial charge in [-0.1, -0.05) is 6.92 Å². The zero-order chi connectivity index (χ0) is 9.90. The van der Waals surface area contributed by atoms with Crippen molar-refractivity contribution < 1.29 is 9.90 Å². The Morgan fingerprint density at radius 1 is 1.85 bits per heavy atom. The molecular formula is C9H10N2O2. The quantitative estimate of drug-likeness (QED) is 0.655. The SMILES string of the molecule is CCC1(C(=O)O)NC=CC=C1C#N. The fourth-order valence-corrected chi connectivity index (χ4v) is 1.31. The predicted octanol–water partition coefficient (Wildman–Crippen LogP) is 0.787. The van der Waals surface area contributed by atoms with E-state index in [4.69, 9.17) is 10.4 Å². The number of dihydropyridines is 1. The van der Waals surface area contributed by atoms with Crippen LogP contribution in [0.5, 0.6) is 0 Å². The Bertz CT molecular complexity index is 325. The third kappa shape index (κ3) is 1.29. The third-order valence-electron chi connectivity index (χ3n) is 2.16. The molecule has 1 unspecified atom stereocenters. The van der Waals surface area contributed by atoms with Crippen LogP contribution in [0.25, 0.3) is 0 Å². The van der Waals surface area contributed by atoms with Gasteiger partial charge in [0.2, 0.25) is 0 Å². The minimum Gasteiger partial charge on any atom is -0.479 e. The molecule has 0 aromatic rings. The lowest BCUT2D eigenvalue weighted by Crippen LogP contribution is -2.51. The molecule has 0 bridgehead atoms. The Morgan fingerprint density at radius 3 is 2.92 bits per heavy atom. The highest BCUT2D eigenvalue weighted by Gasteiger charge is 2.40. The summed E-state index contributed by atoms with van der Waals surface area (Å²) in [6.07, 6.45) is 5.02. The molecule has 1 heterocycles. The monoisotopic (exact) mass is 178 g/mol. The fraction of sp³-hybridized carbons (Fsp3) is 0.333. The van der Waals surface area contributed by atoms with Crippen LogP contribution in [0.2, 0.25) is 0 Å². The number of carboxylic acid groups (broad SMARTS) is 1. The minimum atomic E-state index is -1.23. The first-order chi connectivity index (χ1) is 6.17. The van der Waals surface area contributed by atoms with Gasteiger partial charge in [0.15, 0.2) is 5.54 Å². The molecule has 0 amide bonds. The van der Waals surface area contributed by atoms with Crippen LogP contribution in [-0.4, -0.2) is 16.6 Å². The summed E-state index contributed by atoms with van der Waals surface area (Å²) in [5, 5.41) is 20.5. The number of nitriles is 1. The van der Waals surface area contributed by atoms with Gasteiger partial charge in [-0.05, 0) is 24.8 Å². The van der Waals surface area contributed by atoms with Gasteiger partial charge in [-0.25, -0.2) is 4.79 Å². The molecule has 68 valence electrons. The van der Waals surface area contributed by atoms with Gasteiger partial charge < -0.3 is 10.4 Å². The Balaban J connectivity index is 3.15. The standard InChI is InChI=1S/C9H10N2O2/c1-2-9(8(12)13)7(6-10)4-3-5-11-9/h3-5,11H,2H2,1H3,(H,12,13). The number of carboxylic acids is 1. The fourth-order valence-electron chi connectivity index (χ4n) is 1.31. The van der Waals surface area contributed by atoms with E-state index >= 15 is 0 Å². The second-order valence-corrected chi connectivity index (χ2v) is 2.76. The van der Waals surface area contributed by atoms with Crippen LogP contribution in [0.4, 0.5) is 0 Å². The van der Waals surface area contributed by atoms with Crippen molar-refractivity contribution in [2.45, 2.75) is 18.9 Å². The summed E-state index contributed by atoms with van der Waals surface area (Å²) in [6.45, 7) is 1.73. The van der Waals surface area contributed by atoms with Gasteiger partial charge in [-0.2, -0.15) is 5.26 Å². The van der Waals surface area contributed by atoms with Crippen molar-refractivity contribution in [1.29, 1.82) is 5.26 Å². The van der Waals surface area contributed by atoms with Crippen molar-refractivity contribution in [3.05, 3.63) is 23.9 Å². The first-order valence-electron chi connectivity index (χ1n) is 3.96. The number of hydrogen-bond donors (Lipinski definition) is 2. The highest BCUT2D eigenvalue weighted by atomic mass is 16.4. The van der Waals surface area contributed by atoms with Crippen molar-refractivity contribution >= 4 is 5.97 Å². The van der Waals surface area contributed by atoms with Gasteiger partial charge in [0.25, 0.3) is 0 Å². The maximum absolute atomic E-state index is 11.0. The van der Waals surface area contributed by atoms with E-state index in [2.05, 4.69) is 5.32 Å². The third-order valence-corrected chi connectivity index (χ3v) is 2.16. The molecule has 1 aliphatic heterocycles. The van der Waals surface area contributed by atoms with Crippen LogP contribution in [-0.2, 0) is 4.79 Å². The van der Waals surface area contributed by atoms with Gasteiger partial charge in [-0.3, -0.25) is 0 Å². The highest BCUT2D eigenvalue weighted by molar-refractivity contribution is 5.85. The Kier molecular flexibility index (Phi) is 2.38. The normalized spacial score (nSPS) is 25.7. The predicted molar refractivity (Wildman–Crippen MR) is 46.6 cm³/mol. The number of aliphatic carboxylic acids is 1. The minimum absolute atomic E-state index is 0.241. The maximum atomic E-state index is 11.0. The summed E-state index contributed by atoms with van der Waals surface area (Å²) >= 11 is 0. The van der Waals surface area contributed by atoms with Crippen LogP contribution in [0.15, 0.2) is 23.9 Å². The van der Waals surface area contributed by atoms with Crippen LogP contribution in [0.1, 0.15) is 13.3 Å². The van der Waals surface area contributed by atoms with Crippen LogP contribution in [0.3, 0.4) is 0 Å². The van der Waals surface area contributed by atoms with E-state index in [1.807, 2.05) is 6.07 Å². The van der Waals surface area contributed by atoms with E-state index in [9.17, 15) is 4.79 Å². The first kappa shape index (κ1) is 9.33. The zero-order valence-corrected chi connectivity index (χ0v) is 7.24. The number of rotatable bonds is 2. The van der Waals surface area contributed by atoms with Crippen LogP contribution >= 0.6 is 0 Å². The topological polar surface area (TPSA) is 73.1 Å². The molecule has 0 fully saturated rings. The molecule has 0 radical (unpaired) electrons. The molecule has 4 heteroatoms. The van der Waals surface area contributed by atoms with Crippen LogP contribution in [0, 0.1) is 11.3 Å². The molecule has 1 aliphatic rings. The van der Waals surface area contributed by atoms with Crippen molar-refractivity contribution in [2.75, 3.05) is 0 Å². The van der Waals surface area contributed by atoms with E-state index in [1.54, 1.807) is 19.2 Å². The van der Waals surface area contributed by atoms with Gasteiger partial charge >= 0.3 is 5.97 Å². The number of allylic oxidation sites excluding steroid dienone is 2. The van der Waals surface area contributed by atoms with Crippen LogP contribution < -0.4 is 5.32 Å². The smallest absolute Gasteiger partial charge is 0.334 e. The molecular weight excluding hydrogens is 168 g/mol. The molecule has 0 aromatic heterocycles. The lowest BCUT2D eigenvalue weighted by Gasteiger charge is -2.29. The van der Waals surface area contributed by atoms with E-state index in [0.29, 0.717) is 6.42 Å². The van der Waals surface area contributed by atoms with E-state index in [-0.39, 0.29) is 5.57 Å². The number of nitrogens with zero attached hydrogens (tertiary/aromatic N) is 1. The van der Waals surface area contributed by atoms with Crippen molar-refractivity contribution in [1.82, 2.24) is 5.32 Å². The molecule has 2 N–H and O–H groups in total. The molecule has 13 heavy (non-hydrogen) atoms. The number of nitrogens with one attached hydrogen (secondary N) is 1. The van der Waals surface area contributed by atoms with Gasteiger partial charge in [0, 0.05) is 0 Å². The van der Waals surface area contributed by atoms with Crippen molar-refractivity contribution in [2.24, 2.45) is 0 Å². The molecule has 0 saturated heterocycles. The average molecular weight is 178 g/mol. The van der Waals surface area contributed by atoms with Crippen molar-refractivity contribution in [3.63, 3.8) is 0 Å². The Morgan fingerprint density at radius 2 is 2.54 bits per heavy atom. The molecule has 1 rings (SSSR count). The molecule has 1 atom stereocenters. The first-order valence-corrected chi connectivity index (χ1v) is 3.96. The molecule has 0 aliphatic carbocycles. The number of hydrogen-bond acceptors (Lipinski definition) is 3. The van der Waals surface area contributed by atoms with Gasteiger partial charge in [-0.15, -0.1) is 0 Å². The molecule has 0 aromatic carbocycles. The summed E-state index contributed by atoms with van der Waals surface area (Å²) in [6, 6.07) is 1.89. The van der Waals surface area contributed by atoms with Crippen molar-refractivity contribution in [3.8, 4) is 6.07 Å². The lowest BCUT2D eigenvalue weighted by atomic mass is 9.86. The highest BCUT2D eigenvalue weighted by Crippen LogP contribution is 2.23. The Hall–Kier alpha value is -1.76. The van der Waals surface area contributed by atoms with Gasteiger partial charge in [0.1, 0.15) is 0 Å². The second kappa shape index (κ2) is 3.31. The maximum Gasteiger partial charge on any atom is 0.334 e. The summed E-state index contributed by atoms with van der Waals surface area (Å²) in [5.74, 6) is -1.02. The summed E-state index contributed by atoms with van der Waals surface area (Å²) < 4.78 is 0. The van der Waals surface area contributed by atoms with E-state index < -0.39 is 11.5 Å². The zero-order valence-electron chi connectivity index (χ0n) is 7.24. The number of carbonyl (C=O) groups is 1. The lowest BCUT2D eigenvalue weighted by molar-refractivity contribution is -0.142. The van der Waals surface area contributed by atoms with E-state index in [0.717, 1.165) is 0 Å². The van der Waals surface area contributed by atoms with E-state index in [1.165, 1.54) is 6.08 Å². The second-order valence-electron chi connectivity index (χ2n) is 2.76. The molecule has 4 nitrogen and oxygen atoms in total. The average Bonchev–Trinajstić information content (AvgIpc) is 2.17. The summed E-state index contributed by atoms with van der Waals surface area (Å²) in [5.41, 5.74) is -0.992.